The first-order chi connectivity index (χ1) is 5.18. The van der Waals surface area contributed by atoms with Crippen LogP contribution in [0.15, 0.2) is 0 Å². The number of primary amides is 1. The SMILES string of the molecule is CN1CC[C@@H](CNC(N)=O)C1. The van der Waals surface area contributed by atoms with Gasteiger partial charge in [-0.3, -0.25) is 0 Å². The number of carbonyl (C=O) groups excluding carboxylic acids is 1. The maximum atomic E-state index is 10.3. The average molecular weight is 157 g/mol. The fraction of sp³-hybridized carbons (Fsp3) is 0.857. The van der Waals surface area contributed by atoms with Gasteiger partial charge in [0.1, 0.15) is 0 Å². The molecule has 0 spiro atoms. The molecule has 0 bridgehead atoms. The van der Waals surface area contributed by atoms with Crippen molar-refractivity contribution in [2.75, 3.05) is 26.7 Å². The summed E-state index contributed by atoms with van der Waals surface area (Å²) in [5.74, 6) is 0.590. The highest BCUT2D eigenvalue weighted by molar-refractivity contribution is 5.71. The minimum Gasteiger partial charge on any atom is -0.352 e. The van der Waals surface area contributed by atoms with E-state index in [0.29, 0.717) is 5.92 Å². The van der Waals surface area contributed by atoms with Crippen LogP contribution < -0.4 is 11.1 Å². The molecule has 4 nitrogen and oxygen atoms in total. The van der Waals surface area contributed by atoms with E-state index >= 15 is 0 Å². The maximum Gasteiger partial charge on any atom is 0.312 e. The fourth-order valence-electron chi connectivity index (χ4n) is 1.44. The van der Waals surface area contributed by atoms with Gasteiger partial charge >= 0.3 is 6.03 Å². The van der Waals surface area contributed by atoms with Crippen molar-refractivity contribution >= 4 is 6.03 Å². The molecule has 1 rings (SSSR count). The van der Waals surface area contributed by atoms with Gasteiger partial charge in [-0.1, -0.05) is 0 Å². The van der Waals surface area contributed by atoms with Gasteiger partial charge in [-0.2, -0.15) is 0 Å². The van der Waals surface area contributed by atoms with E-state index in [1.807, 2.05) is 0 Å². The molecule has 64 valence electrons. The van der Waals surface area contributed by atoms with Gasteiger partial charge in [0.2, 0.25) is 0 Å². The molecule has 0 radical (unpaired) electrons. The van der Waals surface area contributed by atoms with Crippen LogP contribution in [-0.4, -0.2) is 37.6 Å². The first-order valence-electron chi connectivity index (χ1n) is 3.90. The zero-order valence-electron chi connectivity index (χ0n) is 6.84. The normalized spacial score (nSPS) is 25.4. The summed E-state index contributed by atoms with van der Waals surface area (Å²) in [5, 5.41) is 2.62. The third kappa shape index (κ3) is 2.76. The van der Waals surface area contributed by atoms with Crippen LogP contribution in [0.25, 0.3) is 0 Å². The molecule has 0 unspecified atom stereocenters. The number of hydrogen-bond acceptors (Lipinski definition) is 2. The largest absolute Gasteiger partial charge is 0.352 e. The van der Waals surface area contributed by atoms with E-state index in [-0.39, 0.29) is 0 Å². The molecule has 1 aliphatic heterocycles. The molecule has 3 N–H and O–H groups in total. The van der Waals surface area contributed by atoms with E-state index in [1.54, 1.807) is 0 Å². The standard InChI is InChI=1S/C7H15N3O/c1-10-3-2-6(5-10)4-9-7(8)11/h6H,2-5H2,1H3,(H3,8,9,11)/t6-/m0/s1. The maximum absolute atomic E-state index is 10.3. The van der Waals surface area contributed by atoms with E-state index in [4.69, 9.17) is 5.73 Å². The van der Waals surface area contributed by atoms with Gasteiger partial charge in [0, 0.05) is 13.1 Å². The predicted molar refractivity (Wildman–Crippen MR) is 43.2 cm³/mol. The molecule has 11 heavy (non-hydrogen) atoms. The van der Waals surface area contributed by atoms with Crippen LogP contribution in [0.3, 0.4) is 0 Å². The van der Waals surface area contributed by atoms with E-state index in [2.05, 4.69) is 17.3 Å². The molecule has 1 fully saturated rings. The van der Waals surface area contributed by atoms with Gasteiger partial charge in [0.15, 0.2) is 0 Å². The Morgan fingerprint density at radius 2 is 2.55 bits per heavy atom. The molecule has 1 aliphatic rings. The topological polar surface area (TPSA) is 58.4 Å². The van der Waals surface area contributed by atoms with E-state index < -0.39 is 6.03 Å². The highest BCUT2D eigenvalue weighted by Gasteiger charge is 2.18. The molecular formula is C7H15N3O. The number of nitrogens with two attached hydrogens (primary N) is 1. The summed E-state index contributed by atoms with van der Waals surface area (Å²) in [6, 6.07) is -0.417. The fourth-order valence-corrected chi connectivity index (χ4v) is 1.44. The van der Waals surface area contributed by atoms with E-state index in [0.717, 1.165) is 26.1 Å². The molecule has 1 saturated heterocycles. The second-order valence-electron chi connectivity index (χ2n) is 3.16. The molecule has 1 heterocycles. The number of urea groups is 1. The van der Waals surface area contributed by atoms with Gasteiger partial charge in [-0.15, -0.1) is 0 Å². The van der Waals surface area contributed by atoms with Crippen LogP contribution in [0.2, 0.25) is 0 Å². The van der Waals surface area contributed by atoms with Crippen molar-refractivity contribution in [3.05, 3.63) is 0 Å². The van der Waals surface area contributed by atoms with Crippen molar-refractivity contribution in [3.8, 4) is 0 Å². The Morgan fingerprint density at radius 3 is 3.00 bits per heavy atom. The van der Waals surface area contributed by atoms with Crippen molar-refractivity contribution in [3.63, 3.8) is 0 Å². The molecule has 0 saturated carbocycles. The third-order valence-electron chi connectivity index (χ3n) is 2.05. The number of carbonyl (C=O) groups is 1. The Morgan fingerprint density at radius 1 is 1.82 bits per heavy atom. The second-order valence-corrected chi connectivity index (χ2v) is 3.16. The minimum atomic E-state index is -0.417. The summed E-state index contributed by atoms with van der Waals surface area (Å²) < 4.78 is 0. The zero-order valence-corrected chi connectivity index (χ0v) is 6.84. The molecule has 0 aromatic carbocycles. The predicted octanol–water partition coefficient (Wildman–Crippen LogP) is -0.394. The molecule has 0 aromatic heterocycles. The van der Waals surface area contributed by atoms with Gasteiger partial charge in [0.05, 0.1) is 0 Å². The van der Waals surface area contributed by atoms with Crippen LogP contribution in [0, 0.1) is 5.92 Å². The molecule has 4 heteroatoms. The van der Waals surface area contributed by atoms with Crippen LogP contribution >= 0.6 is 0 Å². The second kappa shape index (κ2) is 3.57. The number of likely N-dealkylation sites (tertiary alicyclic amines) is 1. The number of nitrogens with one attached hydrogen (secondary N) is 1. The van der Waals surface area contributed by atoms with Crippen molar-refractivity contribution in [1.82, 2.24) is 10.2 Å². The summed E-state index contributed by atoms with van der Waals surface area (Å²) in [4.78, 5) is 12.6. The summed E-state index contributed by atoms with van der Waals surface area (Å²) in [6.07, 6.45) is 1.16. The number of rotatable bonds is 2. The Bertz CT molecular complexity index is 149. The summed E-state index contributed by atoms with van der Waals surface area (Å²) >= 11 is 0. The molecule has 2 amide bonds. The third-order valence-corrected chi connectivity index (χ3v) is 2.05. The van der Waals surface area contributed by atoms with Gasteiger partial charge in [0.25, 0.3) is 0 Å². The van der Waals surface area contributed by atoms with Crippen LogP contribution in [0.4, 0.5) is 4.79 Å². The highest BCUT2D eigenvalue weighted by Crippen LogP contribution is 2.12. The summed E-state index contributed by atoms with van der Waals surface area (Å²) in [5.41, 5.74) is 4.94. The minimum absolute atomic E-state index is 0.417. The smallest absolute Gasteiger partial charge is 0.312 e. The monoisotopic (exact) mass is 157 g/mol. The summed E-state index contributed by atoms with van der Waals surface area (Å²) in [7, 11) is 2.09. The summed E-state index contributed by atoms with van der Waals surface area (Å²) in [6.45, 7) is 2.92. The van der Waals surface area contributed by atoms with Crippen LogP contribution in [-0.2, 0) is 0 Å². The first-order valence-corrected chi connectivity index (χ1v) is 3.90. The number of amides is 2. The Hall–Kier alpha value is -0.770. The average Bonchev–Trinajstić information content (AvgIpc) is 2.31. The first kappa shape index (κ1) is 8.33. The number of nitrogens with zero attached hydrogens (tertiary/aromatic N) is 1. The molecular weight excluding hydrogens is 142 g/mol. The van der Waals surface area contributed by atoms with Crippen molar-refractivity contribution < 1.29 is 4.79 Å². The Balaban J connectivity index is 2.13. The van der Waals surface area contributed by atoms with Crippen molar-refractivity contribution in [2.24, 2.45) is 11.7 Å². The molecule has 0 aromatic rings. The van der Waals surface area contributed by atoms with E-state index in [1.165, 1.54) is 0 Å². The lowest BCUT2D eigenvalue weighted by Crippen LogP contribution is -2.34. The Labute approximate surface area is 66.7 Å². The van der Waals surface area contributed by atoms with Crippen molar-refractivity contribution in [2.45, 2.75) is 6.42 Å². The Kier molecular flexibility index (Phi) is 2.70. The van der Waals surface area contributed by atoms with Crippen LogP contribution in [0.5, 0.6) is 0 Å². The lowest BCUT2D eigenvalue weighted by atomic mass is 10.1. The highest BCUT2D eigenvalue weighted by atomic mass is 16.2. The van der Waals surface area contributed by atoms with Crippen molar-refractivity contribution in [1.29, 1.82) is 0 Å². The molecule has 0 aliphatic carbocycles. The van der Waals surface area contributed by atoms with E-state index in [9.17, 15) is 4.79 Å². The lowest BCUT2D eigenvalue weighted by molar-refractivity contribution is 0.247. The van der Waals surface area contributed by atoms with Gasteiger partial charge in [-0.05, 0) is 25.9 Å². The van der Waals surface area contributed by atoms with Gasteiger partial charge < -0.3 is 16.0 Å². The quantitative estimate of drug-likeness (QED) is 0.573. The molecule has 1 atom stereocenters. The van der Waals surface area contributed by atoms with Crippen LogP contribution in [0.1, 0.15) is 6.42 Å². The number of hydrogen-bond donors (Lipinski definition) is 2. The van der Waals surface area contributed by atoms with Gasteiger partial charge in [-0.25, -0.2) is 4.79 Å². The lowest BCUT2D eigenvalue weighted by Gasteiger charge is -2.09. The zero-order chi connectivity index (χ0) is 8.27.